The maximum Gasteiger partial charge on any atom is 0.159 e. The minimum atomic E-state index is -0.781. The van der Waals surface area contributed by atoms with Gasteiger partial charge in [-0.3, -0.25) is 15.8 Å². The van der Waals surface area contributed by atoms with Gasteiger partial charge in [-0.25, -0.2) is 8.78 Å². The monoisotopic (exact) mass is 371 g/mol. The van der Waals surface area contributed by atoms with Crippen molar-refractivity contribution in [1.29, 1.82) is 0 Å². The van der Waals surface area contributed by atoms with Gasteiger partial charge >= 0.3 is 0 Å². The van der Waals surface area contributed by atoms with E-state index in [4.69, 9.17) is 0 Å². The lowest BCUT2D eigenvalue weighted by Crippen LogP contribution is -2.46. The molecule has 0 radical (unpaired) electrons. The molecule has 144 valence electrons. The third kappa shape index (κ3) is 4.21. The molecule has 2 fully saturated rings. The van der Waals surface area contributed by atoms with Gasteiger partial charge in [-0.15, -0.1) is 0 Å². The first-order valence-electron chi connectivity index (χ1n) is 9.81. The quantitative estimate of drug-likeness (QED) is 0.857. The molecule has 0 spiro atoms. The first-order valence-corrected chi connectivity index (χ1v) is 9.81. The molecule has 2 N–H and O–H groups in total. The Hall–Kier alpha value is -1.82. The fourth-order valence-corrected chi connectivity index (χ4v) is 4.51. The van der Waals surface area contributed by atoms with Crippen molar-refractivity contribution in [3.63, 3.8) is 0 Å². The molecule has 0 saturated carbocycles. The Balaban J connectivity index is 1.45. The van der Waals surface area contributed by atoms with Gasteiger partial charge in [0.25, 0.3) is 0 Å². The summed E-state index contributed by atoms with van der Waals surface area (Å²) in [6.07, 6.45) is 2.32. The van der Waals surface area contributed by atoms with Crippen LogP contribution in [0.25, 0.3) is 0 Å². The van der Waals surface area contributed by atoms with Crippen LogP contribution in [0.15, 0.2) is 42.5 Å². The molecule has 4 rings (SSSR count). The average molecular weight is 371 g/mol. The smallest absolute Gasteiger partial charge is 0.159 e. The van der Waals surface area contributed by atoms with Gasteiger partial charge in [0, 0.05) is 31.6 Å². The minimum Gasteiger partial charge on any atom is -0.299 e. The number of aryl methyl sites for hydroxylation is 1. The van der Waals surface area contributed by atoms with Crippen LogP contribution >= 0.6 is 0 Å². The van der Waals surface area contributed by atoms with Crippen LogP contribution in [-0.4, -0.2) is 30.6 Å². The standard InChI is InChI=1S/C22H27F2N3/c1-15-4-6-16(7-5-15)13-27-10-2-3-18(14-27)22-19(12-25-26-22)17-8-9-20(23)21(24)11-17/h4-9,11,18-19,22,25-26H,2-3,10,12-14H2,1H3. The van der Waals surface area contributed by atoms with E-state index in [9.17, 15) is 8.78 Å². The minimum absolute atomic E-state index is 0.157. The molecule has 0 aromatic heterocycles. The Kier molecular flexibility index (Phi) is 5.53. The van der Waals surface area contributed by atoms with Crippen molar-refractivity contribution in [1.82, 2.24) is 15.8 Å². The molecule has 3 unspecified atom stereocenters. The second-order valence-electron chi connectivity index (χ2n) is 7.95. The second-order valence-corrected chi connectivity index (χ2v) is 7.95. The lowest BCUT2D eigenvalue weighted by atomic mass is 9.81. The largest absolute Gasteiger partial charge is 0.299 e. The summed E-state index contributed by atoms with van der Waals surface area (Å²) in [7, 11) is 0. The van der Waals surface area contributed by atoms with Crippen LogP contribution in [-0.2, 0) is 6.54 Å². The van der Waals surface area contributed by atoms with Crippen molar-refractivity contribution in [2.24, 2.45) is 5.92 Å². The lowest BCUT2D eigenvalue weighted by molar-refractivity contribution is 0.139. The fourth-order valence-electron chi connectivity index (χ4n) is 4.51. The highest BCUT2D eigenvalue weighted by atomic mass is 19.2. The highest BCUT2D eigenvalue weighted by Gasteiger charge is 2.36. The maximum absolute atomic E-state index is 13.7. The second kappa shape index (κ2) is 8.05. The Labute approximate surface area is 159 Å². The zero-order valence-electron chi connectivity index (χ0n) is 15.7. The topological polar surface area (TPSA) is 27.3 Å². The van der Waals surface area contributed by atoms with E-state index < -0.39 is 11.6 Å². The van der Waals surface area contributed by atoms with E-state index in [2.05, 4.69) is 46.9 Å². The number of hydrogen-bond acceptors (Lipinski definition) is 3. The molecule has 2 aromatic rings. The lowest BCUT2D eigenvalue weighted by Gasteiger charge is -2.37. The van der Waals surface area contributed by atoms with Crippen molar-refractivity contribution in [3.05, 3.63) is 70.8 Å². The fraction of sp³-hybridized carbons (Fsp3) is 0.455. The number of piperidine rings is 1. The van der Waals surface area contributed by atoms with Crippen molar-refractivity contribution in [2.45, 2.75) is 38.3 Å². The summed E-state index contributed by atoms with van der Waals surface area (Å²) in [5.74, 6) is -0.902. The summed E-state index contributed by atoms with van der Waals surface area (Å²) >= 11 is 0. The zero-order chi connectivity index (χ0) is 18.8. The Morgan fingerprint density at radius 3 is 2.67 bits per heavy atom. The summed E-state index contributed by atoms with van der Waals surface area (Å²) in [4.78, 5) is 2.52. The molecule has 5 heteroatoms. The summed E-state index contributed by atoms with van der Waals surface area (Å²) in [6, 6.07) is 13.3. The predicted octanol–water partition coefficient (Wildman–Crippen LogP) is 3.75. The van der Waals surface area contributed by atoms with Gasteiger partial charge in [0.1, 0.15) is 0 Å². The van der Waals surface area contributed by atoms with Crippen LogP contribution < -0.4 is 10.9 Å². The van der Waals surface area contributed by atoms with Crippen molar-refractivity contribution in [2.75, 3.05) is 19.6 Å². The number of likely N-dealkylation sites (tertiary alicyclic amines) is 1. The van der Waals surface area contributed by atoms with Gasteiger partial charge in [0.2, 0.25) is 0 Å². The van der Waals surface area contributed by atoms with Crippen molar-refractivity contribution in [3.8, 4) is 0 Å². The van der Waals surface area contributed by atoms with Gasteiger partial charge in [-0.1, -0.05) is 35.9 Å². The summed E-state index contributed by atoms with van der Waals surface area (Å²) in [6.45, 7) is 5.95. The summed E-state index contributed by atoms with van der Waals surface area (Å²) < 4.78 is 27.0. The third-order valence-electron chi connectivity index (χ3n) is 5.97. The number of nitrogens with zero attached hydrogens (tertiary/aromatic N) is 1. The average Bonchev–Trinajstić information content (AvgIpc) is 3.16. The number of hydrazine groups is 1. The normalized spacial score (nSPS) is 26.4. The van der Waals surface area contributed by atoms with Gasteiger partial charge in [-0.2, -0.15) is 0 Å². The first-order chi connectivity index (χ1) is 13.1. The molecule has 2 aliphatic rings. The van der Waals surface area contributed by atoms with E-state index in [1.807, 2.05) is 0 Å². The highest BCUT2D eigenvalue weighted by molar-refractivity contribution is 5.25. The molecule has 27 heavy (non-hydrogen) atoms. The molecular formula is C22H27F2N3. The van der Waals surface area contributed by atoms with Gasteiger partial charge in [0.15, 0.2) is 11.6 Å². The van der Waals surface area contributed by atoms with Crippen LogP contribution in [0.4, 0.5) is 8.78 Å². The molecule has 0 bridgehead atoms. The number of halogens is 2. The van der Waals surface area contributed by atoms with E-state index in [-0.39, 0.29) is 12.0 Å². The Morgan fingerprint density at radius 2 is 1.89 bits per heavy atom. The summed E-state index contributed by atoms with van der Waals surface area (Å²) in [5.41, 5.74) is 10.1. The van der Waals surface area contributed by atoms with Crippen LogP contribution in [0.1, 0.15) is 35.4 Å². The van der Waals surface area contributed by atoms with E-state index in [0.29, 0.717) is 5.92 Å². The number of nitrogens with one attached hydrogen (secondary N) is 2. The summed E-state index contributed by atoms with van der Waals surface area (Å²) in [5, 5.41) is 0. The highest BCUT2D eigenvalue weighted by Crippen LogP contribution is 2.32. The molecule has 0 aliphatic carbocycles. The first kappa shape index (κ1) is 18.5. The van der Waals surface area contributed by atoms with Crippen LogP contribution in [0.5, 0.6) is 0 Å². The van der Waals surface area contributed by atoms with Crippen molar-refractivity contribution >= 4 is 0 Å². The maximum atomic E-state index is 13.7. The zero-order valence-corrected chi connectivity index (χ0v) is 15.7. The van der Waals surface area contributed by atoms with Gasteiger partial charge < -0.3 is 0 Å². The Morgan fingerprint density at radius 1 is 1.07 bits per heavy atom. The van der Waals surface area contributed by atoms with Crippen molar-refractivity contribution < 1.29 is 8.78 Å². The molecular weight excluding hydrogens is 344 g/mol. The molecule has 2 saturated heterocycles. The molecule has 0 amide bonds. The Bertz CT molecular complexity index is 778. The van der Waals surface area contributed by atoms with Gasteiger partial charge in [-0.05, 0) is 55.5 Å². The van der Waals surface area contributed by atoms with Crippen LogP contribution in [0, 0.1) is 24.5 Å². The molecule has 3 atom stereocenters. The number of rotatable bonds is 4. The number of benzene rings is 2. The van der Waals surface area contributed by atoms with E-state index in [0.717, 1.165) is 38.2 Å². The predicted molar refractivity (Wildman–Crippen MR) is 103 cm³/mol. The van der Waals surface area contributed by atoms with Gasteiger partial charge in [0.05, 0.1) is 0 Å². The molecule has 2 heterocycles. The number of hydrogen-bond donors (Lipinski definition) is 2. The van der Waals surface area contributed by atoms with E-state index in [1.165, 1.54) is 29.7 Å². The molecule has 2 aromatic carbocycles. The van der Waals surface area contributed by atoms with E-state index >= 15 is 0 Å². The van der Waals surface area contributed by atoms with Crippen LogP contribution in [0.3, 0.4) is 0 Å². The molecule has 3 nitrogen and oxygen atoms in total. The van der Waals surface area contributed by atoms with Crippen LogP contribution in [0.2, 0.25) is 0 Å². The van der Waals surface area contributed by atoms with E-state index in [1.54, 1.807) is 6.07 Å². The molecule has 2 aliphatic heterocycles. The third-order valence-corrected chi connectivity index (χ3v) is 5.97. The SMILES string of the molecule is Cc1ccc(CN2CCCC(C3NNCC3c3ccc(F)c(F)c3)C2)cc1.